The molecule has 0 bridgehead atoms. The number of amides is 2. The van der Waals surface area contributed by atoms with Gasteiger partial charge in [-0.25, -0.2) is 4.79 Å². The number of piperidine rings is 1. The van der Waals surface area contributed by atoms with Crippen molar-refractivity contribution < 1.29 is 9.90 Å². The van der Waals surface area contributed by atoms with Gasteiger partial charge in [0, 0.05) is 31.0 Å². The van der Waals surface area contributed by atoms with Crippen molar-refractivity contribution in [2.24, 2.45) is 11.8 Å². The molecule has 2 atom stereocenters. The molecule has 1 heterocycles. The Kier molecular flexibility index (Phi) is 6.91. The molecule has 5 nitrogen and oxygen atoms in total. The van der Waals surface area contributed by atoms with E-state index in [0.29, 0.717) is 13.0 Å². The molecule has 0 aliphatic carbocycles. The molecule has 1 aromatic rings. The number of nitrogens with one attached hydrogen (secondary N) is 2. The third kappa shape index (κ3) is 6.04. The largest absolute Gasteiger partial charge is 0.393 e. The second-order valence-electron chi connectivity index (χ2n) is 7.24. The van der Waals surface area contributed by atoms with Gasteiger partial charge >= 0.3 is 6.03 Å². The van der Waals surface area contributed by atoms with E-state index in [0.717, 1.165) is 24.7 Å². The quantitative estimate of drug-likeness (QED) is 0.747. The molecule has 1 aliphatic rings. The minimum Gasteiger partial charge on any atom is -0.393 e. The van der Waals surface area contributed by atoms with Crippen molar-refractivity contribution in [3.63, 3.8) is 0 Å². The molecule has 1 saturated heterocycles. The molecule has 2 rings (SSSR count). The lowest BCUT2D eigenvalue weighted by atomic mass is 9.99. The van der Waals surface area contributed by atoms with Crippen molar-refractivity contribution in [2.75, 3.05) is 29.9 Å². The second kappa shape index (κ2) is 8.92. The molecule has 0 aromatic heterocycles. The SMILES string of the molecule is CC(O)CC(C)CNC(=O)Nc1ccc(N2CCC(C)CC2)cc1. The Morgan fingerprint density at radius 1 is 1.25 bits per heavy atom. The summed E-state index contributed by atoms with van der Waals surface area (Å²) in [5.74, 6) is 1.07. The van der Waals surface area contributed by atoms with Crippen LogP contribution in [0.2, 0.25) is 0 Å². The van der Waals surface area contributed by atoms with E-state index in [4.69, 9.17) is 0 Å². The van der Waals surface area contributed by atoms with Crippen LogP contribution in [-0.4, -0.2) is 36.9 Å². The van der Waals surface area contributed by atoms with Gasteiger partial charge in [0.25, 0.3) is 0 Å². The van der Waals surface area contributed by atoms with E-state index in [1.807, 2.05) is 19.1 Å². The molecule has 0 saturated carbocycles. The van der Waals surface area contributed by atoms with Crippen molar-refractivity contribution in [2.45, 2.75) is 46.1 Å². The number of urea groups is 1. The maximum Gasteiger partial charge on any atom is 0.319 e. The van der Waals surface area contributed by atoms with E-state index < -0.39 is 0 Å². The average Bonchev–Trinajstić information content (AvgIpc) is 2.54. The van der Waals surface area contributed by atoms with E-state index >= 15 is 0 Å². The Morgan fingerprint density at radius 3 is 2.46 bits per heavy atom. The van der Waals surface area contributed by atoms with Crippen LogP contribution in [0, 0.1) is 11.8 Å². The molecule has 0 spiro atoms. The molecule has 1 fully saturated rings. The highest BCUT2D eigenvalue weighted by Crippen LogP contribution is 2.24. The average molecular weight is 333 g/mol. The van der Waals surface area contributed by atoms with Crippen LogP contribution in [0.15, 0.2) is 24.3 Å². The highest BCUT2D eigenvalue weighted by molar-refractivity contribution is 5.89. The van der Waals surface area contributed by atoms with Crippen LogP contribution in [0.25, 0.3) is 0 Å². The lowest BCUT2D eigenvalue weighted by Crippen LogP contribution is -2.33. The van der Waals surface area contributed by atoms with Crippen LogP contribution >= 0.6 is 0 Å². The zero-order valence-electron chi connectivity index (χ0n) is 15.1. The third-order valence-corrected chi connectivity index (χ3v) is 4.63. The molecule has 5 heteroatoms. The van der Waals surface area contributed by atoms with Gasteiger partial charge in [-0.1, -0.05) is 13.8 Å². The van der Waals surface area contributed by atoms with Gasteiger partial charge < -0.3 is 20.6 Å². The van der Waals surface area contributed by atoms with Gasteiger partial charge in [-0.3, -0.25) is 0 Å². The Morgan fingerprint density at radius 2 is 1.88 bits per heavy atom. The van der Waals surface area contributed by atoms with E-state index in [1.165, 1.54) is 18.5 Å². The van der Waals surface area contributed by atoms with Crippen LogP contribution in [-0.2, 0) is 0 Å². The standard InChI is InChI=1S/C19H31N3O2/c1-14-8-10-22(11-9-14)18-6-4-17(5-7-18)21-19(24)20-13-15(2)12-16(3)23/h4-7,14-16,23H,8-13H2,1-3H3,(H2,20,21,24). The number of anilines is 2. The Balaban J connectivity index is 1.77. The van der Waals surface area contributed by atoms with Crippen LogP contribution in [0.1, 0.15) is 40.0 Å². The van der Waals surface area contributed by atoms with Gasteiger partial charge in [0.1, 0.15) is 0 Å². The third-order valence-electron chi connectivity index (χ3n) is 4.63. The number of benzene rings is 1. The first kappa shape index (κ1) is 18.6. The van der Waals surface area contributed by atoms with E-state index in [1.54, 1.807) is 6.92 Å². The van der Waals surface area contributed by atoms with Crippen LogP contribution in [0.3, 0.4) is 0 Å². The number of hydrogen-bond acceptors (Lipinski definition) is 3. The van der Waals surface area contributed by atoms with Crippen molar-refractivity contribution in [3.8, 4) is 0 Å². The first-order chi connectivity index (χ1) is 11.4. The first-order valence-electron chi connectivity index (χ1n) is 9.02. The fraction of sp³-hybridized carbons (Fsp3) is 0.632. The molecule has 3 N–H and O–H groups in total. The number of aliphatic hydroxyl groups is 1. The zero-order chi connectivity index (χ0) is 17.5. The number of nitrogens with zero attached hydrogens (tertiary/aromatic N) is 1. The zero-order valence-corrected chi connectivity index (χ0v) is 15.1. The van der Waals surface area contributed by atoms with Crippen molar-refractivity contribution in [1.29, 1.82) is 0 Å². The van der Waals surface area contributed by atoms with Gasteiger partial charge in [-0.05, 0) is 62.3 Å². The number of carbonyl (C=O) groups is 1. The topological polar surface area (TPSA) is 64.6 Å². The van der Waals surface area contributed by atoms with Gasteiger partial charge in [0.15, 0.2) is 0 Å². The highest BCUT2D eigenvalue weighted by Gasteiger charge is 2.16. The Bertz CT molecular complexity index is 508. The van der Waals surface area contributed by atoms with Gasteiger partial charge in [-0.15, -0.1) is 0 Å². The molecule has 2 amide bonds. The normalized spacial score (nSPS) is 18.1. The summed E-state index contributed by atoms with van der Waals surface area (Å²) in [5.41, 5.74) is 2.02. The lowest BCUT2D eigenvalue weighted by molar-refractivity contribution is 0.163. The monoisotopic (exact) mass is 333 g/mol. The van der Waals surface area contributed by atoms with Gasteiger partial charge in [-0.2, -0.15) is 0 Å². The molecule has 1 aliphatic heterocycles. The van der Waals surface area contributed by atoms with Gasteiger partial charge in [0.05, 0.1) is 6.10 Å². The number of carbonyl (C=O) groups excluding carboxylic acids is 1. The predicted octanol–water partition coefficient (Wildman–Crippen LogP) is 3.45. The maximum atomic E-state index is 11.9. The number of rotatable bonds is 6. The van der Waals surface area contributed by atoms with Crippen LogP contribution < -0.4 is 15.5 Å². The fourth-order valence-electron chi connectivity index (χ4n) is 3.13. The molecule has 24 heavy (non-hydrogen) atoms. The molecule has 134 valence electrons. The highest BCUT2D eigenvalue weighted by atomic mass is 16.3. The molecule has 2 unspecified atom stereocenters. The summed E-state index contributed by atoms with van der Waals surface area (Å²) in [5, 5.41) is 15.0. The second-order valence-corrected chi connectivity index (χ2v) is 7.24. The minimum atomic E-state index is -0.338. The van der Waals surface area contributed by atoms with Gasteiger partial charge in [0.2, 0.25) is 0 Å². The maximum absolute atomic E-state index is 11.9. The minimum absolute atomic E-state index is 0.202. The summed E-state index contributed by atoms with van der Waals surface area (Å²) in [6.45, 7) is 8.86. The predicted molar refractivity (Wildman–Crippen MR) is 99.5 cm³/mol. The molecular formula is C19H31N3O2. The summed E-state index contributed by atoms with van der Waals surface area (Å²) in [6.07, 6.45) is 2.83. The van der Waals surface area contributed by atoms with E-state index in [9.17, 15) is 9.90 Å². The summed E-state index contributed by atoms with van der Waals surface area (Å²) in [6, 6.07) is 7.84. The summed E-state index contributed by atoms with van der Waals surface area (Å²) in [4.78, 5) is 14.3. The van der Waals surface area contributed by atoms with E-state index in [-0.39, 0.29) is 18.1 Å². The summed E-state index contributed by atoms with van der Waals surface area (Å²) < 4.78 is 0. The van der Waals surface area contributed by atoms with Crippen molar-refractivity contribution in [3.05, 3.63) is 24.3 Å². The van der Waals surface area contributed by atoms with Crippen LogP contribution in [0.4, 0.5) is 16.2 Å². The fourth-order valence-corrected chi connectivity index (χ4v) is 3.13. The van der Waals surface area contributed by atoms with Crippen molar-refractivity contribution in [1.82, 2.24) is 5.32 Å². The molecular weight excluding hydrogens is 302 g/mol. The van der Waals surface area contributed by atoms with E-state index in [2.05, 4.69) is 34.6 Å². The lowest BCUT2D eigenvalue weighted by Gasteiger charge is -2.32. The Hall–Kier alpha value is -1.75. The number of hydrogen-bond donors (Lipinski definition) is 3. The molecule has 1 aromatic carbocycles. The summed E-state index contributed by atoms with van der Waals surface area (Å²) in [7, 11) is 0. The number of aliphatic hydroxyl groups excluding tert-OH is 1. The molecule has 0 radical (unpaired) electrons. The summed E-state index contributed by atoms with van der Waals surface area (Å²) >= 11 is 0. The smallest absolute Gasteiger partial charge is 0.319 e. The first-order valence-corrected chi connectivity index (χ1v) is 9.02. The Labute approximate surface area is 145 Å². The van der Waals surface area contributed by atoms with Crippen molar-refractivity contribution >= 4 is 17.4 Å². The van der Waals surface area contributed by atoms with Crippen LogP contribution in [0.5, 0.6) is 0 Å².